The summed E-state index contributed by atoms with van der Waals surface area (Å²) in [7, 11) is 1.61. The quantitative estimate of drug-likeness (QED) is 0.825. The molecule has 8 heteroatoms. The molecule has 2 heterocycles. The van der Waals surface area contributed by atoms with Gasteiger partial charge in [-0.05, 0) is 13.2 Å². The molecular formula is C10H13N5OS2. The van der Waals surface area contributed by atoms with E-state index in [0.717, 1.165) is 9.04 Å². The largest absolute Gasteiger partial charge is 0.357 e. The third kappa shape index (κ3) is 2.54. The monoisotopic (exact) mass is 283 g/mol. The normalized spacial score (nSPS) is 12.4. The molecule has 6 nitrogen and oxygen atoms in total. The number of aromatic nitrogens is 3. The van der Waals surface area contributed by atoms with Crippen molar-refractivity contribution in [3.63, 3.8) is 0 Å². The molecule has 96 valence electrons. The van der Waals surface area contributed by atoms with Crippen LogP contribution in [0.5, 0.6) is 0 Å². The fourth-order valence-electron chi connectivity index (χ4n) is 1.41. The van der Waals surface area contributed by atoms with Crippen LogP contribution in [0.2, 0.25) is 0 Å². The molecule has 2 rings (SSSR count). The van der Waals surface area contributed by atoms with E-state index in [-0.39, 0.29) is 11.9 Å². The SMILES string of the molecule is CNC(=O)[C@H](C)Nc1ncnc2nc(SC)sc12. The molecule has 2 aromatic rings. The van der Waals surface area contributed by atoms with Crippen molar-refractivity contribution in [2.75, 3.05) is 18.6 Å². The van der Waals surface area contributed by atoms with E-state index in [1.54, 1.807) is 25.7 Å². The summed E-state index contributed by atoms with van der Waals surface area (Å²) >= 11 is 3.08. The number of nitrogens with one attached hydrogen (secondary N) is 2. The van der Waals surface area contributed by atoms with Crippen molar-refractivity contribution in [2.45, 2.75) is 17.3 Å². The maximum atomic E-state index is 11.5. The summed E-state index contributed by atoms with van der Waals surface area (Å²) in [5.41, 5.74) is 0.658. The van der Waals surface area contributed by atoms with Crippen LogP contribution in [0.4, 0.5) is 5.82 Å². The fraction of sp³-hybridized carbons (Fsp3) is 0.400. The minimum absolute atomic E-state index is 0.0867. The van der Waals surface area contributed by atoms with Gasteiger partial charge in [0.1, 0.15) is 22.9 Å². The second-order valence-electron chi connectivity index (χ2n) is 3.54. The van der Waals surface area contributed by atoms with Crippen LogP contribution in [-0.2, 0) is 4.79 Å². The molecule has 0 saturated carbocycles. The molecule has 1 amide bonds. The van der Waals surface area contributed by atoms with Gasteiger partial charge in [-0.25, -0.2) is 15.0 Å². The van der Waals surface area contributed by atoms with Gasteiger partial charge in [0.2, 0.25) is 5.91 Å². The van der Waals surface area contributed by atoms with Gasteiger partial charge in [0, 0.05) is 7.05 Å². The maximum Gasteiger partial charge on any atom is 0.241 e. The number of likely N-dealkylation sites (N-methyl/N-ethyl adjacent to an activating group) is 1. The average Bonchev–Trinajstić information content (AvgIpc) is 2.81. The number of thiazole rings is 1. The predicted octanol–water partition coefficient (Wildman–Crippen LogP) is 1.35. The van der Waals surface area contributed by atoms with Crippen LogP contribution < -0.4 is 10.6 Å². The zero-order valence-corrected chi connectivity index (χ0v) is 11.9. The molecular weight excluding hydrogens is 270 g/mol. The summed E-state index contributed by atoms with van der Waals surface area (Å²) in [5, 5.41) is 5.66. The van der Waals surface area contributed by atoms with E-state index < -0.39 is 0 Å². The van der Waals surface area contributed by atoms with Gasteiger partial charge in [0.15, 0.2) is 9.99 Å². The molecule has 0 aliphatic heterocycles. The number of thioether (sulfide) groups is 1. The molecule has 0 unspecified atom stereocenters. The zero-order chi connectivity index (χ0) is 13.1. The number of rotatable bonds is 4. The van der Waals surface area contributed by atoms with Gasteiger partial charge < -0.3 is 10.6 Å². The van der Waals surface area contributed by atoms with Gasteiger partial charge in [0.25, 0.3) is 0 Å². The van der Waals surface area contributed by atoms with Crippen LogP contribution in [0.3, 0.4) is 0 Å². The Kier molecular flexibility index (Phi) is 3.97. The molecule has 0 fully saturated rings. The molecule has 0 aliphatic carbocycles. The minimum Gasteiger partial charge on any atom is -0.357 e. The molecule has 0 aromatic carbocycles. The first-order valence-electron chi connectivity index (χ1n) is 5.29. The first-order chi connectivity index (χ1) is 8.65. The van der Waals surface area contributed by atoms with E-state index >= 15 is 0 Å². The lowest BCUT2D eigenvalue weighted by Gasteiger charge is -2.12. The van der Waals surface area contributed by atoms with E-state index in [0.29, 0.717) is 11.5 Å². The molecule has 2 aromatic heterocycles. The van der Waals surface area contributed by atoms with Gasteiger partial charge in [0.05, 0.1) is 0 Å². The smallest absolute Gasteiger partial charge is 0.241 e. The van der Waals surface area contributed by atoms with E-state index in [1.165, 1.54) is 17.7 Å². The lowest BCUT2D eigenvalue weighted by molar-refractivity contribution is -0.121. The van der Waals surface area contributed by atoms with Gasteiger partial charge in [-0.15, -0.1) is 11.3 Å². The van der Waals surface area contributed by atoms with Crippen molar-refractivity contribution in [1.82, 2.24) is 20.3 Å². The van der Waals surface area contributed by atoms with Crippen LogP contribution in [0.1, 0.15) is 6.92 Å². The summed E-state index contributed by atoms with van der Waals surface area (Å²) in [6, 6.07) is -0.354. The van der Waals surface area contributed by atoms with Crippen LogP contribution >= 0.6 is 23.1 Å². The Hall–Kier alpha value is -1.41. The number of carbonyl (C=O) groups is 1. The molecule has 0 saturated heterocycles. The van der Waals surface area contributed by atoms with Gasteiger partial charge in [-0.3, -0.25) is 4.79 Å². The Bertz CT molecular complexity index is 570. The van der Waals surface area contributed by atoms with E-state index in [4.69, 9.17) is 0 Å². The Balaban J connectivity index is 2.33. The third-order valence-electron chi connectivity index (χ3n) is 2.34. The lowest BCUT2D eigenvalue weighted by atomic mass is 10.3. The lowest BCUT2D eigenvalue weighted by Crippen LogP contribution is -2.35. The Morgan fingerprint density at radius 3 is 2.94 bits per heavy atom. The molecule has 0 spiro atoms. The summed E-state index contributed by atoms with van der Waals surface area (Å²) in [5.74, 6) is 0.560. The first-order valence-corrected chi connectivity index (χ1v) is 7.33. The maximum absolute atomic E-state index is 11.5. The van der Waals surface area contributed by atoms with E-state index in [2.05, 4.69) is 25.6 Å². The molecule has 0 aliphatic rings. The number of nitrogens with zero attached hydrogens (tertiary/aromatic N) is 3. The molecule has 2 N–H and O–H groups in total. The highest BCUT2D eigenvalue weighted by molar-refractivity contribution is 8.00. The molecule has 0 bridgehead atoms. The zero-order valence-electron chi connectivity index (χ0n) is 10.2. The van der Waals surface area contributed by atoms with E-state index in [1.807, 2.05) is 6.26 Å². The van der Waals surface area contributed by atoms with Crippen LogP contribution in [0.15, 0.2) is 10.7 Å². The Labute approximate surface area is 113 Å². The standard InChI is InChI=1S/C10H13N5OS2/c1-5(9(16)11-2)14-7-6-8(13-4-12-7)15-10(17-3)18-6/h4-5H,1-3H3,(H,11,16)(H,12,13,14)/t5-/m0/s1. The number of anilines is 1. The van der Waals surface area contributed by atoms with Crippen molar-refractivity contribution in [1.29, 1.82) is 0 Å². The van der Waals surface area contributed by atoms with Crippen molar-refractivity contribution in [3.05, 3.63) is 6.33 Å². The molecule has 18 heavy (non-hydrogen) atoms. The highest BCUT2D eigenvalue weighted by Gasteiger charge is 2.15. The highest BCUT2D eigenvalue weighted by atomic mass is 32.2. The summed E-state index contributed by atoms with van der Waals surface area (Å²) in [6.07, 6.45) is 3.41. The van der Waals surface area contributed by atoms with Crippen molar-refractivity contribution in [3.8, 4) is 0 Å². The summed E-state index contributed by atoms with van der Waals surface area (Å²) < 4.78 is 1.80. The molecule has 1 atom stereocenters. The number of carbonyl (C=O) groups excluding carboxylic acids is 1. The van der Waals surface area contributed by atoms with Crippen molar-refractivity contribution in [2.24, 2.45) is 0 Å². The highest BCUT2D eigenvalue weighted by Crippen LogP contribution is 2.30. The van der Waals surface area contributed by atoms with Gasteiger partial charge >= 0.3 is 0 Å². The predicted molar refractivity (Wildman–Crippen MR) is 74.1 cm³/mol. The topological polar surface area (TPSA) is 79.8 Å². The fourth-order valence-corrected chi connectivity index (χ4v) is 2.88. The minimum atomic E-state index is -0.354. The first kappa shape index (κ1) is 13.0. The van der Waals surface area contributed by atoms with Crippen LogP contribution in [0, 0.1) is 0 Å². The second-order valence-corrected chi connectivity index (χ2v) is 5.59. The Morgan fingerprint density at radius 2 is 2.28 bits per heavy atom. The number of hydrogen-bond donors (Lipinski definition) is 2. The molecule has 0 radical (unpaired) electrons. The van der Waals surface area contributed by atoms with Gasteiger partial charge in [-0.2, -0.15) is 0 Å². The number of fused-ring (bicyclic) bond motifs is 1. The van der Waals surface area contributed by atoms with Crippen molar-refractivity contribution < 1.29 is 4.79 Å². The second kappa shape index (κ2) is 5.49. The van der Waals surface area contributed by atoms with Gasteiger partial charge in [-0.1, -0.05) is 11.8 Å². The summed E-state index contributed by atoms with van der Waals surface area (Å²) in [4.78, 5) is 24.1. The van der Waals surface area contributed by atoms with Crippen LogP contribution in [-0.4, -0.2) is 40.2 Å². The van der Waals surface area contributed by atoms with Crippen molar-refractivity contribution >= 4 is 45.2 Å². The van der Waals surface area contributed by atoms with E-state index in [9.17, 15) is 4.79 Å². The summed E-state index contributed by atoms with van der Waals surface area (Å²) in [6.45, 7) is 1.78. The third-order valence-corrected chi connectivity index (χ3v) is 4.38. The number of hydrogen-bond acceptors (Lipinski definition) is 7. The average molecular weight is 283 g/mol. The number of amides is 1. The van der Waals surface area contributed by atoms with Crippen LogP contribution in [0.25, 0.3) is 10.3 Å². The Morgan fingerprint density at radius 1 is 1.50 bits per heavy atom.